The van der Waals surface area contributed by atoms with Crippen molar-refractivity contribution in [1.82, 2.24) is 25.4 Å². The van der Waals surface area contributed by atoms with Gasteiger partial charge < -0.3 is 10.6 Å². The zero-order chi connectivity index (χ0) is 16.5. The summed E-state index contributed by atoms with van der Waals surface area (Å²) in [5.41, 5.74) is 1.02. The van der Waals surface area contributed by atoms with Crippen molar-refractivity contribution < 1.29 is 9.59 Å². The van der Waals surface area contributed by atoms with E-state index in [0.29, 0.717) is 19.5 Å². The maximum atomic E-state index is 11.9. The number of hydrogen-bond acceptors (Lipinski definition) is 5. The second kappa shape index (κ2) is 8.64. The number of carbonyl (C=O) groups excluding carboxylic acids is 2. The number of nitrogens with one attached hydrogen (secondary N) is 3. The van der Waals surface area contributed by atoms with Gasteiger partial charge in [-0.1, -0.05) is 30.3 Å². The summed E-state index contributed by atoms with van der Waals surface area (Å²) in [6.45, 7) is 1.09. The zero-order valence-electron chi connectivity index (χ0n) is 13.0. The number of benzene rings is 1. The second-order valence-corrected chi connectivity index (χ2v) is 4.93. The number of rotatable bonds is 8. The Morgan fingerprint density at radius 3 is 2.70 bits per heavy atom. The lowest BCUT2D eigenvalue weighted by Crippen LogP contribution is -2.27. The third-order valence-electron chi connectivity index (χ3n) is 3.03. The van der Waals surface area contributed by atoms with Crippen molar-refractivity contribution in [2.45, 2.75) is 19.5 Å². The topological polar surface area (TPSA) is 101 Å². The second-order valence-electron chi connectivity index (χ2n) is 4.93. The summed E-state index contributed by atoms with van der Waals surface area (Å²) < 4.78 is 1.38. The van der Waals surface area contributed by atoms with Crippen LogP contribution < -0.4 is 16.0 Å². The molecule has 0 unspecified atom stereocenters. The van der Waals surface area contributed by atoms with E-state index in [1.165, 1.54) is 11.0 Å². The Kier molecular flexibility index (Phi) is 6.25. The predicted octanol–water partition coefficient (Wildman–Crippen LogP) is 0.143. The normalized spacial score (nSPS) is 10.3. The molecule has 2 aromatic rings. The van der Waals surface area contributed by atoms with E-state index < -0.39 is 0 Å². The molecule has 0 aliphatic carbocycles. The van der Waals surface area contributed by atoms with Gasteiger partial charge >= 0.3 is 0 Å². The summed E-state index contributed by atoms with van der Waals surface area (Å²) in [7, 11) is 1.77. The molecule has 122 valence electrons. The average Bonchev–Trinajstić information content (AvgIpc) is 2.98. The summed E-state index contributed by atoms with van der Waals surface area (Å²) in [6.07, 6.45) is 1.75. The Labute approximate surface area is 134 Å². The van der Waals surface area contributed by atoms with Crippen LogP contribution in [0.4, 0.5) is 5.95 Å². The largest absolute Gasteiger partial charge is 0.350 e. The summed E-state index contributed by atoms with van der Waals surface area (Å²) in [5.74, 6) is -0.153. The molecule has 1 heterocycles. The first-order valence-electron chi connectivity index (χ1n) is 7.32. The maximum absolute atomic E-state index is 11.9. The number of aromatic nitrogens is 3. The van der Waals surface area contributed by atoms with Gasteiger partial charge in [-0.15, -0.1) is 5.10 Å². The molecule has 8 nitrogen and oxygen atoms in total. The van der Waals surface area contributed by atoms with Crippen molar-refractivity contribution >= 4 is 17.8 Å². The molecule has 0 saturated heterocycles. The van der Waals surface area contributed by atoms with Crippen molar-refractivity contribution in [3.8, 4) is 0 Å². The van der Waals surface area contributed by atoms with E-state index >= 15 is 0 Å². The molecule has 2 rings (SSSR count). The lowest BCUT2D eigenvalue weighted by Gasteiger charge is -2.05. The quantitative estimate of drug-likeness (QED) is 0.643. The third kappa shape index (κ3) is 5.87. The van der Waals surface area contributed by atoms with E-state index in [-0.39, 0.29) is 24.3 Å². The van der Waals surface area contributed by atoms with Gasteiger partial charge in [-0.25, -0.2) is 9.67 Å². The smallest absolute Gasteiger partial charge is 0.248 e. The molecule has 0 atom stereocenters. The minimum Gasteiger partial charge on any atom is -0.350 e. The fourth-order valence-electron chi connectivity index (χ4n) is 1.85. The van der Waals surface area contributed by atoms with Gasteiger partial charge in [-0.3, -0.25) is 14.9 Å². The Balaban J connectivity index is 1.77. The summed E-state index contributed by atoms with van der Waals surface area (Å²) >= 11 is 0. The highest BCUT2D eigenvalue weighted by Gasteiger charge is 2.08. The van der Waals surface area contributed by atoms with E-state index in [0.717, 1.165) is 5.56 Å². The number of anilines is 1. The van der Waals surface area contributed by atoms with Crippen LogP contribution in [0.5, 0.6) is 0 Å². The molecule has 0 radical (unpaired) electrons. The van der Waals surface area contributed by atoms with Crippen LogP contribution >= 0.6 is 0 Å². The van der Waals surface area contributed by atoms with Gasteiger partial charge in [0.2, 0.25) is 17.8 Å². The molecule has 1 aromatic heterocycles. The molecule has 0 spiro atoms. The Morgan fingerprint density at radius 2 is 1.96 bits per heavy atom. The molecule has 2 amide bonds. The van der Waals surface area contributed by atoms with Gasteiger partial charge in [-0.05, 0) is 12.6 Å². The summed E-state index contributed by atoms with van der Waals surface area (Å²) in [6, 6.07) is 9.64. The number of nitrogens with zero attached hydrogens (tertiary/aromatic N) is 3. The van der Waals surface area contributed by atoms with E-state index in [4.69, 9.17) is 0 Å². The van der Waals surface area contributed by atoms with Crippen LogP contribution in [0.1, 0.15) is 12.0 Å². The minimum atomic E-state index is -0.175. The van der Waals surface area contributed by atoms with Gasteiger partial charge in [0, 0.05) is 19.5 Å². The van der Waals surface area contributed by atoms with E-state index in [2.05, 4.69) is 26.0 Å². The van der Waals surface area contributed by atoms with Crippen LogP contribution in [-0.4, -0.2) is 40.2 Å². The summed E-state index contributed by atoms with van der Waals surface area (Å²) in [5, 5.41) is 12.3. The zero-order valence-corrected chi connectivity index (χ0v) is 13.0. The van der Waals surface area contributed by atoms with Crippen LogP contribution in [0.25, 0.3) is 0 Å². The van der Waals surface area contributed by atoms with Crippen LogP contribution in [0.2, 0.25) is 0 Å². The highest BCUT2D eigenvalue weighted by molar-refractivity contribution is 5.88. The van der Waals surface area contributed by atoms with Gasteiger partial charge in [0.1, 0.15) is 12.9 Å². The predicted molar refractivity (Wildman–Crippen MR) is 85.5 cm³/mol. The fraction of sp³-hybridized carbons (Fsp3) is 0.333. The average molecular weight is 316 g/mol. The molecular weight excluding hydrogens is 296 g/mol. The van der Waals surface area contributed by atoms with Crippen LogP contribution in [-0.2, 0) is 22.7 Å². The van der Waals surface area contributed by atoms with Gasteiger partial charge in [0.15, 0.2) is 0 Å². The van der Waals surface area contributed by atoms with Crippen molar-refractivity contribution in [3.63, 3.8) is 0 Å². The Morgan fingerprint density at radius 1 is 1.17 bits per heavy atom. The van der Waals surface area contributed by atoms with E-state index in [9.17, 15) is 9.59 Å². The highest BCUT2D eigenvalue weighted by atomic mass is 16.2. The Hall–Kier alpha value is -2.74. The minimum absolute atomic E-state index is 0.0478. The number of hydrogen-bond donors (Lipinski definition) is 3. The summed E-state index contributed by atoms with van der Waals surface area (Å²) in [4.78, 5) is 27.4. The molecule has 8 heteroatoms. The molecule has 23 heavy (non-hydrogen) atoms. The van der Waals surface area contributed by atoms with Crippen molar-refractivity contribution in [2.24, 2.45) is 0 Å². The number of amides is 2. The highest BCUT2D eigenvalue weighted by Crippen LogP contribution is 1.99. The first-order valence-corrected chi connectivity index (χ1v) is 7.32. The molecule has 0 bridgehead atoms. The van der Waals surface area contributed by atoms with Crippen LogP contribution in [0.3, 0.4) is 0 Å². The van der Waals surface area contributed by atoms with Gasteiger partial charge in [0.25, 0.3) is 0 Å². The standard InChI is InChI=1S/C15H20N6O2/c1-16-8-7-13(22)19-15-18-11-21(20-15)10-14(23)17-9-12-5-3-2-4-6-12/h2-6,11,16H,7-10H2,1H3,(H,17,23)(H,19,20,22). The fourth-order valence-corrected chi connectivity index (χ4v) is 1.85. The molecule has 0 aliphatic heterocycles. The monoisotopic (exact) mass is 316 g/mol. The van der Waals surface area contributed by atoms with Gasteiger partial charge in [-0.2, -0.15) is 0 Å². The van der Waals surface area contributed by atoms with Crippen LogP contribution in [0, 0.1) is 0 Å². The van der Waals surface area contributed by atoms with Crippen molar-refractivity contribution in [3.05, 3.63) is 42.2 Å². The van der Waals surface area contributed by atoms with Crippen molar-refractivity contribution in [2.75, 3.05) is 18.9 Å². The molecule has 0 saturated carbocycles. The maximum Gasteiger partial charge on any atom is 0.248 e. The molecule has 0 aliphatic rings. The van der Waals surface area contributed by atoms with E-state index in [1.807, 2.05) is 30.3 Å². The van der Waals surface area contributed by atoms with Gasteiger partial charge in [0.05, 0.1) is 0 Å². The first kappa shape index (κ1) is 16.6. The SMILES string of the molecule is CNCCC(=O)Nc1ncn(CC(=O)NCc2ccccc2)n1. The van der Waals surface area contributed by atoms with E-state index in [1.54, 1.807) is 7.05 Å². The molecular formula is C15H20N6O2. The Bertz CT molecular complexity index is 640. The lowest BCUT2D eigenvalue weighted by molar-refractivity contribution is -0.122. The molecule has 3 N–H and O–H groups in total. The first-order chi connectivity index (χ1) is 11.2. The van der Waals surface area contributed by atoms with Crippen molar-refractivity contribution in [1.29, 1.82) is 0 Å². The lowest BCUT2D eigenvalue weighted by atomic mass is 10.2. The molecule has 0 fully saturated rings. The number of carbonyl (C=O) groups is 2. The third-order valence-corrected chi connectivity index (χ3v) is 3.03. The van der Waals surface area contributed by atoms with Crippen LogP contribution in [0.15, 0.2) is 36.7 Å². The molecule has 1 aromatic carbocycles.